The Bertz CT molecular complexity index is 1070. The summed E-state index contributed by atoms with van der Waals surface area (Å²) in [5.74, 6) is 1.97. The van der Waals surface area contributed by atoms with E-state index < -0.39 is 6.10 Å². The SMILES string of the molecule is COc1cc(O)c2c3c1C[C@@H]1[C@@H]4CCC(=O)[C@H](O2)[C@]34CC[N@@+]1(C)CCc1ccccc1. The molecule has 5 atom stereocenters. The number of ketones is 1. The van der Waals surface area contributed by atoms with E-state index in [1.807, 2.05) is 0 Å². The number of hydrogen-bond acceptors (Lipinski definition) is 4. The lowest BCUT2D eigenvalue weighted by atomic mass is 9.51. The number of ether oxygens (including phenoxy) is 2. The molecule has 4 aliphatic rings. The molecule has 5 nitrogen and oxygen atoms in total. The molecule has 1 N–H and O–H groups in total. The third-order valence-electron chi connectivity index (χ3n) is 8.84. The maximum Gasteiger partial charge on any atom is 0.174 e. The van der Waals surface area contributed by atoms with Gasteiger partial charge in [-0.3, -0.25) is 4.79 Å². The zero-order chi connectivity index (χ0) is 21.4. The van der Waals surface area contributed by atoms with Crippen molar-refractivity contribution in [2.45, 2.75) is 49.7 Å². The number of carbonyl (C=O) groups excluding carboxylic acids is 1. The van der Waals surface area contributed by atoms with E-state index in [9.17, 15) is 9.90 Å². The number of rotatable bonds is 4. The van der Waals surface area contributed by atoms with Crippen LogP contribution in [0.15, 0.2) is 36.4 Å². The number of nitrogens with zero attached hydrogens (tertiary/aromatic N) is 1. The molecule has 2 bridgehead atoms. The molecule has 31 heavy (non-hydrogen) atoms. The Morgan fingerprint density at radius 2 is 2.10 bits per heavy atom. The number of hydrogen-bond donors (Lipinski definition) is 1. The number of quaternary nitrogens is 1. The molecule has 1 spiro atoms. The molecule has 2 aliphatic carbocycles. The van der Waals surface area contributed by atoms with Crippen LogP contribution < -0.4 is 9.47 Å². The number of phenols is 1. The van der Waals surface area contributed by atoms with Gasteiger partial charge in [-0.15, -0.1) is 0 Å². The minimum Gasteiger partial charge on any atom is -0.504 e. The van der Waals surface area contributed by atoms with Gasteiger partial charge in [-0.25, -0.2) is 0 Å². The van der Waals surface area contributed by atoms with Gasteiger partial charge in [0.25, 0.3) is 0 Å². The van der Waals surface area contributed by atoms with Crippen LogP contribution in [0.3, 0.4) is 0 Å². The molecule has 1 saturated heterocycles. The van der Waals surface area contributed by atoms with Crippen LogP contribution in [-0.2, 0) is 23.1 Å². The van der Waals surface area contributed by atoms with Crippen molar-refractivity contribution >= 4 is 5.78 Å². The van der Waals surface area contributed by atoms with Gasteiger partial charge in [-0.2, -0.15) is 0 Å². The van der Waals surface area contributed by atoms with Gasteiger partial charge >= 0.3 is 0 Å². The van der Waals surface area contributed by atoms with E-state index in [0.717, 1.165) is 60.1 Å². The molecule has 2 fully saturated rings. The van der Waals surface area contributed by atoms with Gasteiger partial charge in [0.2, 0.25) is 0 Å². The minimum atomic E-state index is -0.455. The lowest BCUT2D eigenvalue weighted by Crippen LogP contribution is -2.72. The number of likely N-dealkylation sites (tertiary alicyclic amines) is 1. The van der Waals surface area contributed by atoms with Crippen LogP contribution in [0, 0.1) is 5.92 Å². The van der Waals surface area contributed by atoms with Crippen LogP contribution in [0.4, 0.5) is 0 Å². The van der Waals surface area contributed by atoms with Gasteiger partial charge < -0.3 is 19.1 Å². The number of likely N-dealkylation sites (N-methyl/N-ethyl adjacent to an activating group) is 1. The first-order valence-electron chi connectivity index (χ1n) is 11.5. The summed E-state index contributed by atoms with van der Waals surface area (Å²) in [6.45, 7) is 2.11. The van der Waals surface area contributed by atoms with Gasteiger partial charge in [-0.1, -0.05) is 30.3 Å². The maximum absolute atomic E-state index is 13.0. The Kier molecular flexibility index (Phi) is 4.01. The standard InChI is InChI=1S/C26H29NO4/c1-27(12-10-16-6-4-3-5-7-16)13-11-26-18-8-9-20(28)25(26)31-24-21(29)15-22(30-2)17(23(24)26)14-19(18)27/h3-7,15,18-19,25H,8-14H2,1-2H3/p+1/t18-,19+,25-,26-,27+/m0/s1. The topological polar surface area (TPSA) is 55.8 Å². The Labute approximate surface area is 183 Å². The first-order valence-corrected chi connectivity index (χ1v) is 11.5. The van der Waals surface area contributed by atoms with Crippen LogP contribution in [0.25, 0.3) is 0 Å². The highest BCUT2D eigenvalue weighted by atomic mass is 16.5. The van der Waals surface area contributed by atoms with Gasteiger partial charge in [0, 0.05) is 48.8 Å². The van der Waals surface area contributed by atoms with Crippen molar-refractivity contribution in [2.24, 2.45) is 5.92 Å². The summed E-state index contributed by atoms with van der Waals surface area (Å²) in [6, 6.07) is 12.8. The monoisotopic (exact) mass is 420 g/mol. The molecule has 2 aromatic carbocycles. The predicted molar refractivity (Wildman–Crippen MR) is 117 cm³/mol. The number of methoxy groups -OCH3 is 1. The molecule has 0 unspecified atom stereocenters. The molecular formula is C26H30NO4+. The van der Waals surface area contributed by atoms with Crippen molar-refractivity contribution in [3.63, 3.8) is 0 Å². The van der Waals surface area contributed by atoms with Crippen molar-refractivity contribution in [2.75, 3.05) is 27.2 Å². The van der Waals surface area contributed by atoms with E-state index >= 15 is 0 Å². The van der Waals surface area contributed by atoms with Crippen molar-refractivity contribution in [3.8, 4) is 17.2 Å². The average Bonchev–Trinajstić information content (AvgIpc) is 3.14. The van der Waals surface area contributed by atoms with Crippen molar-refractivity contribution in [1.82, 2.24) is 0 Å². The van der Waals surface area contributed by atoms with E-state index in [1.165, 1.54) is 5.56 Å². The van der Waals surface area contributed by atoms with E-state index in [2.05, 4.69) is 37.4 Å². The van der Waals surface area contributed by atoms with Crippen LogP contribution in [-0.4, -0.2) is 54.8 Å². The highest BCUT2D eigenvalue weighted by Gasteiger charge is 2.69. The zero-order valence-corrected chi connectivity index (χ0v) is 18.3. The van der Waals surface area contributed by atoms with Crippen LogP contribution in [0.1, 0.15) is 36.0 Å². The Morgan fingerprint density at radius 3 is 2.87 bits per heavy atom. The summed E-state index contributed by atoms with van der Waals surface area (Å²) in [5.41, 5.74) is 3.30. The Hall–Kier alpha value is -2.53. The summed E-state index contributed by atoms with van der Waals surface area (Å²) < 4.78 is 13.0. The fraction of sp³-hybridized carbons (Fsp3) is 0.500. The van der Waals surface area contributed by atoms with Crippen molar-refractivity contribution in [1.29, 1.82) is 0 Å². The molecular weight excluding hydrogens is 390 g/mol. The lowest BCUT2D eigenvalue weighted by molar-refractivity contribution is -0.944. The van der Waals surface area contributed by atoms with E-state index in [1.54, 1.807) is 13.2 Å². The molecule has 2 aliphatic heterocycles. The summed E-state index contributed by atoms with van der Waals surface area (Å²) in [7, 11) is 4.07. The van der Waals surface area contributed by atoms with E-state index in [4.69, 9.17) is 9.47 Å². The Balaban J connectivity index is 1.46. The third-order valence-corrected chi connectivity index (χ3v) is 8.84. The first kappa shape index (κ1) is 19.2. The summed E-state index contributed by atoms with van der Waals surface area (Å²) in [5, 5.41) is 10.7. The second kappa shape index (κ2) is 6.49. The van der Waals surface area contributed by atoms with Gasteiger partial charge in [0.05, 0.1) is 38.7 Å². The molecule has 2 aromatic rings. The maximum atomic E-state index is 13.0. The molecule has 0 aromatic heterocycles. The predicted octanol–water partition coefficient (Wildman–Crippen LogP) is 3.40. The molecule has 162 valence electrons. The number of aromatic hydroxyl groups is 1. The largest absolute Gasteiger partial charge is 0.504 e. The quantitative estimate of drug-likeness (QED) is 0.771. The smallest absolute Gasteiger partial charge is 0.174 e. The number of piperidine rings is 1. The lowest BCUT2D eigenvalue weighted by Gasteiger charge is -2.60. The number of phenolic OH excluding ortho intramolecular Hbond substituents is 1. The van der Waals surface area contributed by atoms with Crippen molar-refractivity contribution < 1.29 is 23.9 Å². The van der Waals surface area contributed by atoms with Gasteiger partial charge in [-0.05, 0) is 12.0 Å². The molecule has 5 heteroatoms. The van der Waals surface area contributed by atoms with E-state index in [0.29, 0.717) is 24.1 Å². The number of benzene rings is 2. The highest BCUT2D eigenvalue weighted by molar-refractivity contribution is 5.89. The molecule has 6 rings (SSSR count). The van der Waals surface area contributed by atoms with Gasteiger partial charge in [0.15, 0.2) is 23.4 Å². The third kappa shape index (κ3) is 2.44. The minimum absolute atomic E-state index is 0.108. The average molecular weight is 421 g/mol. The summed E-state index contributed by atoms with van der Waals surface area (Å²) >= 11 is 0. The number of Topliss-reactive ketones (excluding diaryl/α,β-unsaturated/α-hetero) is 1. The summed E-state index contributed by atoms with van der Waals surface area (Å²) in [4.78, 5) is 13.0. The van der Waals surface area contributed by atoms with Crippen LogP contribution in [0.2, 0.25) is 0 Å². The molecule has 2 heterocycles. The highest BCUT2D eigenvalue weighted by Crippen LogP contribution is 2.65. The molecule has 1 saturated carbocycles. The zero-order valence-electron chi connectivity index (χ0n) is 18.3. The van der Waals surface area contributed by atoms with Crippen molar-refractivity contribution in [3.05, 3.63) is 53.1 Å². The fourth-order valence-corrected chi connectivity index (χ4v) is 7.33. The molecule has 0 amide bonds. The molecule has 0 radical (unpaired) electrons. The normalized spacial score (nSPS) is 34.8. The summed E-state index contributed by atoms with van der Waals surface area (Å²) in [6.07, 6.45) is 3.92. The van der Waals surface area contributed by atoms with Gasteiger partial charge in [0.1, 0.15) is 5.75 Å². The fourth-order valence-electron chi connectivity index (χ4n) is 7.33. The second-order valence-corrected chi connectivity index (χ2v) is 10.1. The first-order chi connectivity index (χ1) is 15.0. The second-order valence-electron chi connectivity index (χ2n) is 10.1. The van der Waals surface area contributed by atoms with Crippen LogP contribution in [0.5, 0.6) is 17.2 Å². The number of carbonyl (C=O) groups is 1. The van der Waals surface area contributed by atoms with E-state index in [-0.39, 0.29) is 16.9 Å². The Morgan fingerprint density at radius 1 is 1.29 bits per heavy atom. The van der Waals surface area contributed by atoms with Crippen LogP contribution >= 0.6 is 0 Å².